The van der Waals surface area contributed by atoms with Crippen molar-refractivity contribution in [2.75, 3.05) is 13.7 Å². The van der Waals surface area contributed by atoms with Crippen LogP contribution in [-0.2, 0) is 16.1 Å². The summed E-state index contributed by atoms with van der Waals surface area (Å²) >= 11 is 1.48. The van der Waals surface area contributed by atoms with E-state index in [0.29, 0.717) is 29.0 Å². The number of hydrogen-bond donors (Lipinski definition) is 0. The average Bonchev–Trinajstić information content (AvgIpc) is 2.99. The average molecular weight is 374 g/mol. The van der Waals surface area contributed by atoms with Gasteiger partial charge in [-0.3, -0.25) is 4.79 Å². The van der Waals surface area contributed by atoms with E-state index in [0.717, 1.165) is 10.2 Å². The van der Waals surface area contributed by atoms with Crippen molar-refractivity contribution >= 4 is 38.5 Å². The van der Waals surface area contributed by atoms with Crippen molar-refractivity contribution in [1.29, 1.82) is 0 Å². The lowest BCUT2D eigenvalue weighted by molar-refractivity contribution is -0.120. The molecule has 0 spiro atoms. The second-order valence-electron chi connectivity index (χ2n) is 7.90. The van der Waals surface area contributed by atoms with E-state index in [4.69, 9.17) is 9.37 Å². The van der Waals surface area contributed by atoms with Crippen LogP contribution in [0.5, 0.6) is 0 Å². The molecule has 26 heavy (non-hydrogen) atoms. The standard InChI is InChI=1S/C18H22N4O3S/c1-17(2)14(18(17,3)4)15(23)19-16-22(8-9-24-5)13-11(26-16)7-6-10-12(13)21-25-20-10/h6-7,14H,8-9H2,1-5H3/b19-16-. The number of benzene rings is 1. The van der Waals surface area contributed by atoms with E-state index in [2.05, 4.69) is 43.0 Å². The first-order chi connectivity index (χ1) is 12.3. The number of aromatic nitrogens is 3. The van der Waals surface area contributed by atoms with Gasteiger partial charge in [0.25, 0.3) is 5.91 Å². The summed E-state index contributed by atoms with van der Waals surface area (Å²) < 4.78 is 13.1. The lowest BCUT2D eigenvalue weighted by atomic mass is 10.0. The van der Waals surface area contributed by atoms with Crippen LogP contribution in [0, 0.1) is 16.7 Å². The van der Waals surface area contributed by atoms with Crippen molar-refractivity contribution in [3.63, 3.8) is 0 Å². The quantitative estimate of drug-likeness (QED) is 0.701. The molecule has 7 nitrogen and oxygen atoms in total. The molecule has 0 atom stereocenters. The zero-order valence-corrected chi connectivity index (χ0v) is 16.4. The topological polar surface area (TPSA) is 82.5 Å². The van der Waals surface area contributed by atoms with Crippen LogP contribution < -0.4 is 4.80 Å². The summed E-state index contributed by atoms with van der Waals surface area (Å²) in [6.07, 6.45) is 0. The van der Waals surface area contributed by atoms with E-state index >= 15 is 0 Å². The molecule has 1 saturated carbocycles. The highest BCUT2D eigenvalue weighted by molar-refractivity contribution is 7.16. The second-order valence-corrected chi connectivity index (χ2v) is 8.91. The van der Waals surface area contributed by atoms with Gasteiger partial charge in [0, 0.05) is 13.7 Å². The van der Waals surface area contributed by atoms with Gasteiger partial charge in [-0.15, -0.1) is 0 Å². The molecule has 2 aromatic heterocycles. The first-order valence-electron chi connectivity index (χ1n) is 8.61. The molecule has 2 heterocycles. The van der Waals surface area contributed by atoms with Crippen LogP contribution >= 0.6 is 11.3 Å². The van der Waals surface area contributed by atoms with Gasteiger partial charge in [0.2, 0.25) is 0 Å². The summed E-state index contributed by atoms with van der Waals surface area (Å²) in [5.41, 5.74) is 2.17. The van der Waals surface area contributed by atoms with Gasteiger partial charge >= 0.3 is 0 Å². The summed E-state index contributed by atoms with van der Waals surface area (Å²) in [5, 5.41) is 7.95. The molecule has 0 unspecified atom stereocenters. The molecule has 0 N–H and O–H groups in total. The largest absolute Gasteiger partial charge is 0.383 e. The number of carbonyl (C=O) groups excluding carboxylic acids is 1. The second kappa shape index (κ2) is 5.72. The van der Waals surface area contributed by atoms with Gasteiger partial charge in [-0.2, -0.15) is 4.99 Å². The zero-order valence-electron chi connectivity index (χ0n) is 15.6. The van der Waals surface area contributed by atoms with Crippen molar-refractivity contribution in [2.24, 2.45) is 21.7 Å². The fraction of sp³-hybridized carbons (Fsp3) is 0.556. The van der Waals surface area contributed by atoms with Crippen LogP contribution in [0.4, 0.5) is 0 Å². The number of thiazole rings is 1. The Morgan fingerprint density at radius 3 is 2.69 bits per heavy atom. The minimum atomic E-state index is -0.0650. The van der Waals surface area contributed by atoms with Gasteiger partial charge in [0.05, 0.1) is 22.7 Å². The normalized spacial score (nSPS) is 19.5. The Hall–Kier alpha value is -2.06. The minimum absolute atomic E-state index is 0.0368. The highest BCUT2D eigenvalue weighted by Gasteiger charge is 2.68. The Bertz CT molecular complexity index is 1060. The van der Waals surface area contributed by atoms with Crippen LogP contribution in [0.1, 0.15) is 27.7 Å². The van der Waals surface area contributed by atoms with E-state index in [-0.39, 0.29) is 22.7 Å². The molecule has 0 aliphatic heterocycles. The van der Waals surface area contributed by atoms with E-state index in [9.17, 15) is 4.79 Å². The number of hydrogen-bond acceptors (Lipinski definition) is 6. The van der Waals surface area contributed by atoms with Gasteiger partial charge in [0.15, 0.2) is 10.3 Å². The fourth-order valence-corrected chi connectivity index (χ4v) is 4.92. The smallest absolute Gasteiger partial charge is 0.252 e. The maximum absolute atomic E-state index is 12.9. The molecule has 1 amide bonds. The Balaban J connectivity index is 1.88. The number of rotatable bonds is 4. The Kier molecular flexibility index (Phi) is 3.82. The van der Waals surface area contributed by atoms with Gasteiger partial charge in [-0.1, -0.05) is 39.0 Å². The van der Waals surface area contributed by atoms with Crippen LogP contribution in [0.2, 0.25) is 0 Å². The number of fused-ring (bicyclic) bond motifs is 3. The maximum atomic E-state index is 12.9. The first-order valence-corrected chi connectivity index (χ1v) is 9.43. The lowest BCUT2D eigenvalue weighted by Crippen LogP contribution is -2.20. The fourth-order valence-electron chi connectivity index (χ4n) is 3.86. The van der Waals surface area contributed by atoms with Crippen molar-refractivity contribution in [2.45, 2.75) is 34.2 Å². The monoisotopic (exact) mass is 374 g/mol. The highest BCUT2D eigenvalue weighted by Crippen LogP contribution is 2.68. The van der Waals surface area contributed by atoms with E-state index in [1.165, 1.54) is 11.3 Å². The molecule has 138 valence electrons. The van der Waals surface area contributed by atoms with E-state index in [1.807, 2.05) is 16.7 Å². The van der Waals surface area contributed by atoms with Crippen LogP contribution in [0.3, 0.4) is 0 Å². The highest BCUT2D eigenvalue weighted by atomic mass is 32.1. The summed E-state index contributed by atoms with van der Waals surface area (Å²) in [6.45, 7) is 9.58. The molecule has 8 heteroatoms. The molecule has 3 aromatic rings. The first kappa shape index (κ1) is 17.4. The number of carbonyl (C=O) groups is 1. The predicted octanol–water partition coefficient (Wildman–Crippen LogP) is 2.99. The third-order valence-electron chi connectivity index (χ3n) is 6.06. The zero-order chi connectivity index (χ0) is 18.7. The number of amides is 1. The van der Waals surface area contributed by atoms with E-state index < -0.39 is 0 Å². The molecule has 1 aromatic carbocycles. The molecule has 0 radical (unpaired) electrons. The number of nitrogens with zero attached hydrogens (tertiary/aromatic N) is 4. The molecule has 1 aliphatic carbocycles. The molecule has 4 rings (SSSR count). The molecule has 0 bridgehead atoms. The molecule has 0 saturated heterocycles. The summed E-state index contributed by atoms with van der Waals surface area (Å²) in [5.74, 6) is -0.128. The van der Waals surface area contributed by atoms with Crippen molar-refractivity contribution < 1.29 is 14.2 Å². The molecular formula is C18H22N4O3S. The van der Waals surface area contributed by atoms with Crippen molar-refractivity contribution in [3.8, 4) is 0 Å². The maximum Gasteiger partial charge on any atom is 0.252 e. The summed E-state index contributed by atoms with van der Waals surface area (Å²) in [4.78, 5) is 18.0. The van der Waals surface area contributed by atoms with Crippen LogP contribution in [-0.4, -0.2) is 34.5 Å². The van der Waals surface area contributed by atoms with Gasteiger partial charge < -0.3 is 9.30 Å². The molecule has 1 fully saturated rings. The van der Waals surface area contributed by atoms with Gasteiger partial charge in [0.1, 0.15) is 5.52 Å². The Labute approximate surface area is 154 Å². The number of methoxy groups -OCH3 is 1. The minimum Gasteiger partial charge on any atom is -0.383 e. The molecular weight excluding hydrogens is 352 g/mol. The Morgan fingerprint density at radius 1 is 1.31 bits per heavy atom. The summed E-state index contributed by atoms with van der Waals surface area (Å²) in [6, 6.07) is 3.83. The van der Waals surface area contributed by atoms with Gasteiger partial charge in [-0.05, 0) is 33.3 Å². The lowest BCUT2D eigenvalue weighted by Gasteiger charge is -2.04. The van der Waals surface area contributed by atoms with Crippen molar-refractivity contribution in [1.82, 2.24) is 14.9 Å². The van der Waals surface area contributed by atoms with Crippen LogP contribution in [0.25, 0.3) is 21.3 Å². The third kappa shape index (κ3) is 2.35. The molecule has 1 aliphatic rings. The van der Waals surface area contributed by atoms with E-state index in [1.54, 1.807) is 7.11 Å². The Morgan fingerprint density at radius 2 is 2.04 bits per heavy atom. The van der Waals surface area contributed by atoms with Crippen LogP contribution in [0.15, 0.2) is 21.8 Å². The SMILES string of the molecule is COCCn1/c(=N/C(=O)C2C(C)(C)C2(C)C)sc2ccc3nonc3c21. The predicted molar refractivity (Wildman–Crippen MR) is 98.7 cm³/mol. The third-order valence-corrected chi connectivity index (χ3v) is 7.10. The van der Waals surface area contributed by atoms with Gasteiger partial charge in [-0.25, -0.2) is 4.63 Å². The summed E-state index contributed by atoms with van der Waals surface area (Å²) in [7, 11) is 1.65. The number of ether oxygens (including phenoxy) is 1. The van der Waals surface area contributed by atoms with Crippen molar-refractivity contribution in [3.05, 3.63) is 16.9 Å².